The number of nitrogens with zero attached hydrogens (tertiary/aromatic N) is 2. The Bertz CT molecular complexity index is 664. The maximum Gasteiger partial charge on any atom is 0.260 e. The van der Waals surface area contributed by atoms with Crippen LogP contribution in [-0.4, -0.2) is 16.2 Å². The van der Waals surface area contributed by atoms with Crippen LogP contribution in [-0.2, 0) is 0 Å². The Morgan fingerprint density at radius 3 is 2.62 bits per heavy atom. The Labute approximate surface area is 123 Å². The normalized spacial score (nSPS) is 21.2. The number of rotatable bonds is 2. The van der Waals surface area contributed by atoms with Crippen molar-refractivity contribution < 1.29 is 8.78 Å². The number of aryl methyl sites for hydroxylation is 3. The molecule has 0 spiro atoms. The minimum Gasteiger partial charge on any atom is -0.363 e. The van der Waals surface area contributed by atoms with Gasteiger partial charge in [0, 0.05) is 6.07 Å². The molecular formula is C16H19F2N3. The van der Waals surface area contributed by atoms with E-state index in [-0.39, 0.29) is 6.04 Å². The van der Waals surface area contributed by atoms with Crippen molar-refractivity contribution in [1.29, 1.82) is 0 Å². The Morgan fingerprint density at radius 2 is 1.95 bits per heavy atom. The molecule has 2 aromatic rings. The molecule has 3 rings (SSSR count). The summed E-state index contributed by atoms with van der Waals surface area (Å²) in [5, 5.41) is 7.52. The summed E-state index contributed by atoms with van der Waals surface area (Å²) in [5.41, 5.74) is 4.19. The summed E-state index contributed by atoms with van der Waals surface area (Å²) in [7, 11) is 0. The van der Waals surface area contributed by atoms with E-state index in [2.05, 4.69) is 16.5 Å². The van der Waals surface area contributed by atoms with Gasteiger partial charge in [0.2, 0.25) is 0 Å². The van der Waals surface area contributed by atoms with E-state index in [1.807, 2.05) is 39.0 Å². The van der Waals surface area contributed by atoms with E-state index >= 15 is 0 Å². The van der Waals surface area contributed by atoms with Crippen molar-refractivity contribution in [3.05, 3.63) is 46.6 Å². The van der Waals surface area contributed by atoms with Gasteiger partial charge in [0.05, 0.1) is 11.7 Å². The highest BCUT2D eigenvalue weighted by Gasteiger charge is 2.34. The van der Waals surface area contributed by atoms with E-state index < -0.39 is 12.5 Å². The fourth-order valence-corrected chi connectivity index (χ4v) is 2.87. The molecule has 112 valence electrons. The minimum atomic E-state index is -2.42. The van der Waals surface area contributed by atoms with Gasteiger partial charge in [-0.05, 0) is 43.9 Å². The van der Waals surface area contributed by atoms with Crippen molar-refractivity contribution in [3.8, 4) is 0 Å². The molecule has 1 aromatic heterocycles. The predicted molar refractivity (Wildman–Crippen MR) is 78.9 cm³/mol. The van der Waals surface area contributed by atoms with Crippen LogP contribution >= 0.6 is 0 Å². The van der Waals surface area contributed by atoms with Crippen molar-refractivity contribution in [3.63, 3.8) is 0 Å². The summed E-state index contributed by atoms with van der Waals surface area (Å²) >= 11 is 0. The summed E-state index contributed by atoms with van der Waals surface area (Å²) in [6, 6.07) is 6.98. The summed E-state index contributed by atoms with van der Waals surface area (Å²) < 4.78 is 28.1. The number of hydrogen-bond acceptors (Lipinski definition) is 2. The standard InChI is InChI=1S/C16H19F2N3/c1-9-4-5-12(6-10(9)2)13-8-14(16(17)18)21-15(19-13)7-11(3)20-21/h4-7,13-14,16,19H,8H2,1-3H3/t13-,14-/m0/s1. The zero-order valence-electron chi connectivity index (χ0n) is 12.4. The first-order valence-electron chi connectivity index (χ1n) is 7.13. The first kappa shape index (κ1) is 14.0. The lowest BCUT2D eigenvalue weighted by molar-refractivity contribution is 0.0657. The van der Waals surface area contributed by atoms with Gasteiger partial charge in [-0.3, -0.25) is 0 Å². The number of benzene rings is 1. The van der Waals surface area contributed by atoms with Crippen molar-refractivity contribution >= 4 is 5.82 Å². The Morgan fingerprint density at radius 1 is 1.19 bits per heavy atom. The van der Waals surface area contributed by atoms with Crippen LogP contribution in [0.15, 0.2) is 24.3 Å². The smallest absolute Gasteiger partial charge is 0.260 e. The highest BCUT2D eigenvalue weighted by Crippen LogP contribution is 2.38. The van der Waals surface area contributed by atoms with Crippen LogP contribution < -0.4 is 5.32 Å². The molecule has 0 saturated heterocycles. The van der Waals surface area contributed by atoms with Gasteiger partial charge in [-0.15, -0.1) is 0 Å². The molecule has 0 fully saturated rings. The maximum atomic E-state index is 13.4. The van der Waals surface area contributed by atoms with Crippen LogP contribution in [0.3, 0.4) is 0 Å². The molecule has 1 aliphatic heterocycles. The molecule has 0 radical (unpaired) electrons. The monoisotopic (exact) mass is 291 g/mol. The Balaban J connectivity index is 1.97. The molecule has 2 heterocycles. The molecule has 3 nitrogen and oxygen atoms in total. The first-order valence-corrected chi connectivity index (χ1v) is 7.13. The van der Waals surface area contributed by atoms with Gasteiger partial charge < -0.3 is 5.32 Å². The average Bonchev–Trinajstić information content (AvgIpc) is 2.80. The molecule has 1 aliphatic rings. The van der Waals surface area contributed by atoms with Crippen molar-refractivity contribution in [2.24, 2.45) is 0 Å². The topological polar surface area (TPSA) is 29.9 Å². The second-order valence-corrected chi connectivity index (χ2v) is 5.79. The average molecular weight is 291 g/mol. The fraction of sp³-hybridized carbons (Fsp3) is 0.438. The zero-order valence-corrected chi connectivity index (χ0v) is 12.4. The van der Waals surface area contributed by atoms with Crippen LogP contribution in [0.4, 0.5) is 14.6 Å². The van der Waals surface area contributed by atoms with E-state index in [1.54, 1.807) is 0 Å². The third-order valence-corrected chi connectivity index (χ3v) is 4.20. The van der Waals surface area contributed by atoms with Crippen molar-refractivity contribution in [2.45, 2.75) is 45.7 Å². The van der Waals surface area contributed by atoms with E-state index in [0.29, 0.717) is 12.2 Å². The van der Waals surface area contributed by atoms with Crippen LogP contribution in [0, 0.1) is 20.8 Å². The molecule has 0 amide bonds. The molecule has 2 atom stereocenters. The molecule has 1 N–H and O–H groups in total. The SMILES string of the molecule is Cc1cc2n(n1)[C@H](C(F)F)C[C@@H](c1ccc(C)c(C)c1)N2. The molecule has 1 aromatic carbocycles. The number of alkyl halides is 2. The molecule has 0 saturated carbocycles. The summed E-state index contributed by atoms with van der Waals surface area (Å²) in [6.45, 7) is 5.91. The van der Waals surface area contributed by atoms with E-state index in [1.165, 1.54) is 15.8 Å². The molecule has 0 unspecified atom stereocenters. The quantitative estimate of drug-likeness (QED) is 0.900. The van der Waals surface area contributed by atoms with E-state index in [4.69, 9.17) is 0 Å². The maximum absolute atomic E-state index is 13.4. The largest absolute Gasteiger partial charge is 0.363 e. The van der Waals surface area contributed by atoms with Crippen LogP contribution in [0.5, 0.6) is 0 Å². The third-order valence-electron chi connectivity index (χ3n) is 4.20. The van der Waals surface area contributed by atoms with Crippen LogP contribution in [0.1, 0.15) is 40.9 Å². The van der Waals surface area contributed by atoms with E-state index in [0.717, 1.165) is 11.3 Å². The third kappa shape index (κ3) is 2.52. The highest BCUT2D eigenvalue weighted by molar-refractivity contribution is 5.44. The zero-order chi connectivity index (χ0) is 15.1. The number of nitrogens with one attached hydrogen (secondary N) is 1. The summed E-state index contributed by atoms with van der Waals surface area (Å²) in [6.07, 6.45) is -2.08. The van der Waals surface area contributed by atoms with Crippen molar-refractivity contribution in [1.82, 2.24) is 9.78 Å². The number of anilines is 1. The summed E-state index contributed by atoms with van der Waals surface area (Å²) in [4.78, 5) is 0. The lowest BCUT2D eigenvalue weighted by Gasteiger charge is -2.32. The number of aromatic nitrogens is 2. The van der Waals surface area contributed by atoms with Crippen molar-refractivity contribution in [2.75, 3.05) is 5.32 Å². The predicted octanol–water partition coefficient (Wildman–Crippen LogP) is 4.17. The van der Waals surface area contributed by atoms with Gasteiger partial charge in [0.25, 0.3) is 6.43 Å². The number of halogens is 2. The summed E-state index contributed by atoms with van der Waals surface area (Å²) in [5.74, 6) is 0.673. The highest BCUT2D eigenvalue weighted by atomic mass is 19.3. The molecule has 0 bridgehead atoms. The molecule has 21 heavy (non-hydrogen) atoms. The fourth-order valence-electron chi connectivity index (χ4n) is 2.87. The van der Waals surface area contributed by atoms with Gasteiger partial charge in [-0.2, -0.15) is 5.10 Å². The first-order chi connectivity index (χ1) is 9.95. The molecule has 0 aliphatic carbocycles. The van der Waals surface area contributed by atoms with Gasteiger partial charge in [-0.1, -0.05) is 18.2 Å². The number of fused-ring (bicyclic) bond motifs is 1. The minimum absolute atomic E-state index is 0.105. The van der Waals surface area contributed by atoms with Gasteiger partial charge in [0.1, 0.15) is 11.9 Å². The number of hydrogen-bond donors (Lipinski definition) is 1. The van der Waals surface area contributed by atoms with Crippen LogP contribution in [0.2, 0.25) is 0 Å². The second kappa shape index (κ2) is 5.13. The molecule has 5 heteroatoms. The van der Waals surface area contributed by atoms with Gasteiger partial charge >= 0.3 is 0 Å². The molecular weight excluding hydrogens is 272 g/mol. The van der Waals surface area contributed by atoms with Crippen LogP contribution in [0.25, 0.3) is 0 Å². The lowest BCUT2D eigenvalue weighted by atomic mass is 9.95. The second-order valence-electron chi connectivity index (χ2n) is 5.79. The van der Waals surface area contributed by atoms with Gasteiger partial charge in [0.15, 0.2) is 0 Å². The van der Waals surface area contributed by atoms with Gasteiger partial charge in [-0.25, -0.2) is 13.5 Å². The Hall–Kier alpha value is -1.91. The Kier molecular flexibility index (Phi) is 3.43. The lowest BCUT2D eigenvalue weighted by Crippen LogP contribution is -2.30. The van der Waals surface area contributed by atoms with E-state index in [9.17, 15) is 8.78 Å².